The molecule has 0 fully saturated rings. The van der Waals surface area contributed by atoms with Crippen LogP contribution in [0.1, 0.15) is 22.8 Å². The topological polar surface area (TPSA) is 78.8 Å². The Labute approximate surface area is 163 Å². The van der Waals surface area contributed by atoms with Gasteiger partial charge in [-0.1, -0.05) is 12.1 Å². The second-order valence-corrected chi connectivity index (χ2v) is 7.94. The van der Waals surface area contributed by atoms with Gasteiger partial charge in [0.15, 0.2) is 6.61 Å². The van der Waals surface area contributed by atoms with Crippen LogP contribution in [0.4, 0.5) is 10.1 Å². The van der Waals surface area contributed by atoms with E-state index >= 15 is 0 Å². The first-order valence-corrected chi connectivity index (χ1v) is 9.19. The minimum Gasteiger partial charge on any atom is -0.508 e. The molecular formula is C21H26FN2O4+. The van der Waals surface area contributed by atoms with E-state index in [9.17, 15) is 19.4 Å². The van der Waals surface area contributed by atoms with Crippen LogP contribution in [-0.2, 0) is 11.2 Å². The summed E-state index contributed by atoms with van der Waals surface area (Å²) in [6.45, 7) is 2.74. The van der Waals surface area contributed by atoms with Gasteiger partial charge in [-0.05, 0) is 30.2 Å². The lowest BCUT2D eigenvalue weighted by Gasteiger charge is -2.33. The highest BCUT2D eigenvalue weighted by atomic mass is 19.1. The molecule has 2 aromatic rings. The van der Waals surface area contributed by atoms with Crippen molar-refractivity contribution in [3.8, 4) is 11.5 Å². The number of carbonyl (C=O) groups excluding carboxylic acids is 1. The van der Waals surface area contributed by atoms with Gasteiger partial charge in [-0.3, -0.25) is 4.79 Å². The van der Waals surface area contributed by atoms with Gasteiger partial charge in [0.25, 0.3) is 5.91 Å². The fourth-order valence-corrected chi connectivity index (χ4v) is 3.41. The average molecular weight is 389 g/mol. The van der Waals surface area contributed by atoms with E-state index in [4.69, 9.17) is 4.74 Å². The summed E-state index contributed by atoms with van der Waals surface area (Å²) in [5, 5.41) is 23.4. The maximum atomic E-state index is 13.4. The summed E-state index contributed by atoms with van der Waals surface area (Å²) in [7, 11) is 3.99. The van der Waals surface area contributed by atoms with Crippen molar-refractivity contribution >= 4 is 11.6 Å². The zero-order chi connectivity index (χ0) is 20.5. The zero-order valence-electron chi connectivity index (χ0n) is 16.3. The Bertz CT molecular complexity index is 898. The third-order valence-electron chi connectivity index (χ3n) is 4.98. The second kappa shape index (κ2) is 7.77. The number of benzene rings is 2. The molecule has 0 bridgehead atoms. The van der Waals surface area contributed by atoms with E-state index in [1.807, 2.05) is 20.2 Å². The molecule has 150 valence electrons. The fraction of sp³-hybridized carbons (Fsp3) is 0.381. The summed E-state index contributed by atoms with van der Waals surface area (Å²) < 4.78 is 19.4. The van der Waals surface area contributed by atoms with Crippen molar-refractivity contribution in [2.75, 3.05) is 39.1 Å². The smallest absolute Gasteiger partial charge is 0.262 e. The molecule has 1 aliphatic heterocycles. The number of quaternary nitrogens is 1. The van der Waals surface area contributed by atoms with Crippen molar-refractivity contribution in [3.05, 3.63) is 52.8 Å². The van der Waals surface area contributed by atoms with E-state index in [2.05, 4.69) is 5.32 Å². The quantitative estimate of drug-likeness (QED) is 0.664. The number of nitrogens with one attached hydrogen (secondary N) is 1. The molecule has 1 amide bonds. The molecule has 1 aliphatic rings. The van der Waals surface area contributed by atoms with Gasteiger partial charge in [-0.2, -0.15) is 0 Å². The number of amides is 1. The molecule has 0 spiro atoms. The van der Waals surface area contributed by atoms with Crippen molar-refractivity contribution in [2.24, 2.45) is 0 Å². The molecule has 1 heterocycles. The predicted octanol–water partition coefficient (Wildman–Crippen LogP) is 2.52. The number of rotatable bonds is 6. The number of aliphatic hydroxyl groups is 1. The second-order valence-electron chi connectivity index (χ2n) is 7.94. The van der Waals surface area contributed by atoms with Crippen molar-refractivity contribution in [2.45, 2.75) is 19.4 Å². The van der Waals surface area contributed by atoms with Crippen molar-refractivity contribution in [1.82, 2.24) is 0 Å². The van der Waals surface area contributed by atoms with Gasteiger partial charge in [-0.15, -0.1) is 0 Å². The van der Waals surface area contributed by atoms with Crippen LogP contribution < -0.4 is 10.1 Å². The number of phenolic OH excluding ortho intramolecular Hbond substituents is 1. The molecule has 6 nitrogen and oxygen atoms in total. The average Bonchev–Trinajstić information content (AvgIpc) is 2.61. The number of ether oxygens (including phenoxy) is 1. The standard InChI is InChI=1S/C21H25FN2O4/c1-13-8-14(4-5-17(13)22)6-7-24(2,3)11-19(26)16-9-15(25)10-18-21(16)28-12-20(27)23-18/h4-5,8-10,19,26H,6-7,11-12H2,1-3H3,(H-,23,25,27)/p+1. The monoisotopic (exact) mass is 389 g/mol. The number of likely N-dealkylation sites (N-methyl/N-ethyl adjacent to an activating group) is 1. The Morgan fingerprint density at radius 2 is 2.04 bits per heavy atom. The van der Waals surface area contributed by atoms with Gasteiger partial charge in [-0.25, -0.2) is 4.39 Å². The summed E-state index contributed by atoms with van der Waals surface area (Å²) in [4.78, 5) is 11.5. The molecule has 3 N–H and O–H groups in total. The largest absolute Gasteiger partial charge is 0.508 e. The van der Waals surface area contributed by atoms with Crippen LogP contribution in [0.5, 0.6) is 11.5 Å². The predicted molar refractivity (Wildman–Crippen MR) is 104 cm³/mol. The number of aryl methyl sites for hydroxylation is 1. The number of hydrogen-bond acceptors (Lipinski definition) is 4. The third kappa shape index (κ3) is 4.61. The Kier molecular flexibility index (Phi) is 5.58. The van der Waals surface area contributed by atoms with Gasteiger partial charge >= 0.3 is 0 Å². The molecular weight excluding hydrogens is 363 g/mol. The number of aromatic hydroxyl groups is 1. The van der Waals surface area contributed by atoms with Crippen LogP contribution in [-0.4, -0.2) is 54.4 Å². The molecule has 28 heavy (non-hydrogen) atoms. The number of halogens is 1. The maximum absolute atomic E-state index is 13.4. The minimum absolute atomic E-state index is 0.0503. The Hall–Kier alpha value is -2.64. The van der Waals surface area contributed by atoms with Crippen LogP contribution in [0, 0.1) is 12.7 Å². The molecule has 3 rings (SSSR count). The Balaban J connectivity index is 1.71. The normalized spacial score (nSPS) is 14.8. The number of fused-ring (bicyclic) bond motifs is 1. The molecule has 0 aromatic heterocycles. The molecule has 0 saturated heterocycles. The van der Waals surface area contributed by atoms with E-state index in [-0.39, 0.29) is 24.1 Å². The lowest BCUT2D eigenvalue weighted by Crippen LogP contribution is -2.44. The van der Waals surface area contributed by atoms with Gasteiger partial charge in [0.05, 0.1) is 26.3 Å². The van der Waals surface area contributed by atoms with E-state index < -0.39 is 6.10 Å². The summed E-state index contributed by atoms with van der Waals surface area (Å²) in [6.07, 6.45) is -0.147. The number of aliphatic hydroxyl groups excluding tert-OH is 1. The lowest BCUT2D eigenvalue weighted by molar-refractivity contribution is -0.893. The highest BCUT2D eigenvalue weighted by Crippen LogP contribution is 2.39. The number of nitrogens with zero attached hydrogens (tertiary/aromatic N) is 1. The first kappa shape index (κ1) is 20.1. The maximum Gasteiger partial charge on any atom is 0.262 e. The van der Waals surface area contributed by atoms with E-state index in [1.54, 1.807) is 13.0 Å². The van der Waals surface area contributed by atoms with Gasteiger partial charge in [0.1, 0.15) is 30.0 Å². The number of anilines is 1. The van der Waals surface area contributed by atoms with Crippen molar-refractivity contribution in [1.29, 1.82) is 0 Å². The molecule has 1 atom stereocenters. The van der Waals surface area contributed by atoms with E-state index in [1.165, 1.54) is 18.2 Å². The van der Waals surface area contributed by atoms with Crippen LogP contribution in [0.2, 0.25) is 0 Å². The Morgan fingerprint density at radius 1 is 1.29 bits per heavy atom. The molecule has 0 radical (unpaired) electrons. The molecule has 7 heteroatoms. The van der Waals surface area contributed by atoms with Gasteiger partial charge in [0, 0.05) is 18.1 Å². The highest BCUT2D eigenvalue weighted by Gasteiger charge is 2.28. The van der Waals surface area contributed by atoms with Crippen molar-refractivity contribution < 1.29 is 28.6 Å². The SMILES string of the molecule is Cc1cc(CC[N+](C)(C)CC(O)c2cc(O)cc3c2OCC(=O)N3)ccc1F. The zero-order valence-corrected chi connectivity index (χ0v) is 16.3. The number of hydrogen-bond donors (Lipinski definition) is 3. The van der Waals surface area contributed by atoms with Crippen molar-refractivity contribution in [3.63, 3.8) is 0 Å². The summed E-state index contributed by atoms with van der Waals surface area (Å²) in [5.41, 5.74) is 2.46. The van der Waals surface area contributed by atoms with Crippen LogP contribution in [0.25, 0.3) is 0 Å². The third-order valence-corrected chi connectivity index (χ3v) is 4.98. The summed E-state index contributed by atoms with van der Waals surface area (Å²) >= 11 is 0. The molecule has 0 aliphatic carbocycles. The summed E-state index contributed by atoms with van der Waals surface area (Å²) in [5.74, 6) is -0.178. The highest BCUT2D eigenvalue weighted by molar-refractivity contribution is 5.96. The van der Waals surface area contributed by atoms with Crippen LogP contribution in [0.15, 0.2) is 30.3 Å². The van der Waals surface area contributed by atoms with Crippen LogP contribution >= 0.6 is 0 Å². The minimum atomic E-state index is -0.888. The number of phenols is 1. The molecule has 2 aromatic carbocycles. The lowest BCUT2D eigenvalue weighted by atomic mass is 10.0. The first-order chi connectivity index (χ1) is 13.1. The summed E-state index contributed by atoms with van der Waals surface area (Å²) in [6, 6.07) is 7.96. The van der Waals surface area contributed by atoms with Gasteiger partial charge in [0.2, 0.25) is 0 Å². The molecule has 0 saturated carbocycles. The number of carbonyl (C=O) groups is 1. The Morgan fingerprint density at radius 3 is 2.75 bits per heavy atom. The molecule has 1 unspecified atom stereocenters. The van der Waals surface area contributed by atoms with E-state index in [0.29, 0.717) is 33.6 Å². The fourth-order valence-electron chi connectivity index (χ4n) is 3.41. The first-order valence-electron chi connectivity index (χ1n) is 9.19. The van der Waals surface area contributed by atoms with E-state index in [0.717, 1.165) is 18.5 Å². The van der Waals surface area contributed by atoms with Crippen LogP contribution in [0.3, 0.4) is 0 Å². The van der Waals surface area contributed by atoms with Gasteiger partial charge < -0.3 is 24.7 Å².